The molecule has 146 valence electrons. The summed E-state index contributed by atoms with van der Waals surface area (Å²) in [5.41, 5.74) is -0.526. The minimum absolute atomic E-state index is 0.0209. The maximum atomic E-state index is 13.0. The van der Waals surface area contributed by atoms with Crippen molar-refractivity contribution in [1.82, 2.24) is 14.5 Å². The lowest BCUT2D eigenvalue weighted by Crippen LogP contribution is -2.43. The standard InChI is InChI=1S/C20H20FN3O4/c1-11-10-27-20(2,3)19-23-15(16(25)18(26)24(11)19)17-22-9-14(28-17)8-12-4-6-13(21)7-5-12/h4-7,9,11,25H,8,10H2,1-3H3. The Kier molecular flexibility index (Phi) is 4.30. The molecule has 0 amide bonds. The first-order chi connectivity index (χ1) is 13.3. The monoisotopic (exact) mass is 385 g/mol. The molecule has 1 aliphatic heterocycles. The number of hydrogen-bond acceptors (Lipinski definition) is 6. The second kappa shape index (κ2) is 6.56. The Morgan fingerprint density at radius 1 is 1.32 bits per heavy atom. The molecule has 4 rings (SSSR count). The molecule has 0 saturated heterocycles. The summed E-state index contributed by atoms with van der Waals surface area (Å²) in [6, 6.07) is 5.79. The maximum Gasteiger partial charge on any atom is 0.296 e. The summed E-state index contributed by atoms with van der Waals surface area (Å²) in [5, 5.41) is 10.4. The van der Waals surface area contributed by atoms with Gasteiger partial charge in [0.2, 0.25) is 11.6 Å². The number of oxazole rings is 1. The van der Waals surface area contributed by atoms with E-state index in [0.29, 0.717) is 24.6 Å². The average Bonchev–Trinajstić information content (AvgIpc) is 3.11. The number of ether oxygens (including phenoxy) is 1. The number of benzene rings is 1. The van der Waals surface area contributed by atoms with Gasteiger partial charge in [-0.3, -0.25) is 9.36 Å². The predicted octanol–water partition coefficient (Wildman–Crippen LogP) is 3.16. The molecule has 2 aromatic heterocycles. The van der Waals surface area contributed by atoms with Crippen molar-refractivity contribution in [2.24, 2.45) is 0 Å². The molecule has 1 aliphatic rings. The summed E-state index contributed by atoms with van der Waals surface area (Å²) in [4.78, 5) is 21.4. The Balaban J connectivity index is 1.74. The molecule has 1 unspecified atom stereocenters. The van der Waals surface area contributed by atoms with E-state index in [1.54, 1.807) is 12.1 Å². The number of halogens is 1. The first-order valence-electron chi connectivity index (χ1n) is 8.95. The van der Waals surface area contributed by atoms with Gasteiger partial charge in [-0.25, -0.2) is 14.4 Å². The highest BCUT2D eigenvalue weighted by atomic mass is 19.1. The summed E-state index contributed by atoms with van der Waals surface area (Å²) in [5.74, 6) is 0.129. The predicted molar refractivity (Wildman–Crippen MR) is 98.6 cm³/mol. The van der Waals surface area contributed by atoms with E-state index in [2.05, 4.69) is 9.97 Å². The number of aromatic hydroxyl groups is 1. The normalized spacial score (nSPS) is 18.1. The van der Waals surface area contributed by atoms with Gasteiger partial charge in [0.15, 0.2) is 5.69 Å². The van der Waals surface area contributed by atoms with E-state index in [9.17, 15) is 14.3 Å². The fraction of sp³-hybridized carbons (Fsp3) is 0.350. The van der Waals surface area contributed by atoms with Crippen LogP contribution in [0.2, 0.25) is 0 Å². The van der Waals surface area contributed by atoms with Crippen molar-refractivity contribution in [2.75, 3.05) is 6.61 Å². The van der Waals surface area contributed by atoms with Crippen LogP contribution in [0.5, 0.6) is 5.75 Å². The lowest BCUT2D eigenvalue weighted by Gasteiger charge is -2.36. The van der Waals surface area contributed by atoms with Crippen LogP contribution >= 0.6 is 0 Å². The summed E-state index contributed by atoms with van der Waals surface area (Å²) in [6.45, 7) is 5.80. The second-order valence-corrected chi connectivity index (χ2v) is 7.41. The zero-order valence-electron chi connectivity index (χ0n) is 15.8. The van der Waals surface area contributed by atoms with Crippen molar-refractivity contribution in [3.63, 3.8) is 0 Å². The van der Waals surface area contributed by atoms with E-state index in [-0.39, 0.29) is 23.4 Å². The summed E-state index contributed by atoms with van der Waals surface area (Å²) in [6.07, 6.45) is 1.89. The van der Waals surface area contributed by atoms with Crippen LogP contribution in [0.3, 0.4) is 0 Å². The van der Waals surface area contributed by atoms with Crippen LogP contribution in [-0.2, 0) is 16.8 Å². The molecule has 0 radical (unpaired) electrons. The molecule has 1 atom stereocenters. The van der Waals surface area contributed by atoms with Gasteiger partial charge < -0.3 is 14.3 Å². The van der Waals surface area contributed by atoms with E-state index >= 15 is 0 Å². The second-order valence-electron chi connectivity index (χ2n) is 7.41. The number of fused-ring (bicyclic) bond motifs is 1. The van der Waals surface area contributed by atoms with E-state index in [1.165, 1.54) is 22.9 Å². The molecule has 3 aromatic rings. The molecule has 8 heteroatoms. The number of rotatable bonds is 3. The first-order valence-corrected chi connectivity index (χ1v) is 8.95. The molecular weight excluding hydrogens is 365 g/mol. The van der Waals surface area contributed by atoms with E-state index in [1.807, 2.05) is 20.8 Å². The van der Waals surface area contributed by atoms with Crippen molar-refractivity contribution < 1.29 is 18.7 Å². The molecule has 28 heavy (non-hydrogen) atoms. The molecule has 1 N–H and O–H groups in total. The third-order valence-corrected chi connectivity index (χ3v) is 4.80. The number of hydrogen-bond donors (Lipinski definition) is 1. The van der Waals surface area contributed by atoms with Gasteiger partial charge in [-0.15, -0.1) is 0 Å². The molecular formula is C20H20FN3O4. The van der Waals surface area contributed by atoms with Crippen LogP contribution in [0, 0.1) is 5.82 Å². The fourth-order valence-electron chi connectivity index (χ4n) is 3.28. The van der Waals surface area contributed by atoms with Gasteiger partial charge >= 0.3 is 0 Å². The summed E-state index contributed by atoms with van der Waals surface area (Å²) >= 11 is 0. The highest BCUT2D eigenvalue weighted by molar-refractivity contribution is 5.56. The molecule has 7 nitrogen and oxygen atoms in total. The Bertz CT molecular complexity index is 1090. The quantitative estimate of drug-likeness (QED) is 0.745. The topological polar surface area (TPSA) is 90.4 Å². The van der Waals surface area contributed by atoms with Gasteiger partial charge in [-0.05, 0) is 38.5 Å². The molecule has 3 heterocycles. The molecule has 0 saturated carbocycles. The van der Waals surface area contributed by atoms with Crippen molar-refractivity contribution in [2.45, 2.75) is 38.8 Å². The summed E-state index contributed by atoms with van der Waals surface area (Å²) < 4.78 is 26.0. The maximum absolute atomic E-state index is 13.0. The largest absolute Gasteiger partial charge is 0.501 e. The Hall–Kier alpha value is -3.00. The highest BCUT2D eigenvalue weighted by Gasteiger charge is 2.36. The molecule has 0 aliphatic carbocycles. The SMILES string of the molecule is CC1COC(C)(C)c2nc(-c3ncc(Cc4ccc(F)cc4)o3)c(O)c(=O)n21. The number of nitrogens with zero attached hydrogens (tertiary/aromatic N) is 3. The van der Waals surface area contributed by atoms with Crippen molar-refractivity contribution >= 4 is 0 Å². The zero-order valence-corrected chi connectivity index (χ0v) is 15.8. The van der Waals surface area contributed by atoms with Gasteiger partial charge in [-0.2, -0.15) is 0 Å². The smallest absolute Gasteiger partial charge is 0.296 e. The lowest BCUT2D eigenvalue weighted by atomic mass is 10.0. The minimum Gasteiger partial charge on any atom is -0.501 e. The third kappa shape index (κ3) is 3.09. The van der Waals surface area contributed by atoms with Gasteiger partial charge in [0.05, 0.1) is 18.8 Å². The molecule has 0 spiro atoms. The zero-order chi connectivity index (χ0) is 20.1. The Labute approximate surface area is 160 Å². The van der Waals surface area contributed by atoms with Crippen molar-refractivity contribution in [3.8, 4) is 17.3 Å². The van der Waals surface area contributed by atoms with Crippen LogP contribution in [0.15, 0.2) is 39.7 Å². The van der Waals surface area contributed by atoms with E-state index in [4.69, 9.17) is 9.15 Å². The van der Waals surface area contributed by atoms with Crippen molar-refractivity contribution in [1.29, 1.82) is 0 Å². The fourth-order valence-corrected chi connectivity index (χ4v) is 3.28. The van der Waals surface area contributed by atoms with Gasteiger partial charge in [0, 0.05) is 6.42 Å². The summed E-state index contributed by atoms with van der Waals surface area (Å²) in [7, 11) is 0. The van der Waals surface area contributed by atoms with Gasteiger partial charge in [-0.1, -0.05) is 12.1 Å². The van der Waals surface area contributed by atoms with Crippen LogP contribution < -0.4 is 5.56 Å². The first kappa shape index (κ1) is 18.4. The molecule has 0 fully saturated rings. The van der Waals surface area contributed by atoms with Crippen LogP contribution in [0.4, 0.5) is 4.39 Å². The highest BCUT2D eigenvalue weighted by Crippen LogP contribution is 2.34. The minimum atomic E-state index is -0.794. The van der Waals surface area contributed by atoms with Gasteiger partial charge in [0.25, 0.3) is 5.56 Å². The number of aromatic nitrogens is 3. The van der Waals surface area contributed by atoms with Crippen LogP contribution in [0.1, 0.15) is 44.0 Å². The Morgan fingerprint density at radius 3 is 2.75 bits per heavy atom. The molecule has 1 aromatic carbocycles. The van der Waals surface area contributed by atoms with Crippen LogP contribution in [-0.4, -0.2) is 26.2 Å². The van der Waals surface area contributed by atoms with Crippen molar-refractivity contribution in [3.05, 3.63) is 63.8 Å². The Morgan fingerprint density at radius 2 is 2.04 bits per heavy atom. The molecule has 0 bridgehead atoms. The van der Waals surface area contributed by atoms with Gasteiger partial charge in [0.1, 0.15) is 23.0 Å². The van der Waals surface area contributed by atoms with E-state index < -0.39 is 16.9 Å². The third-order valence-electron chi connectivity index (χ3n) is 4.80. The van der Waals surface area contributed by atoms with E-state index in [0.717, 1.165) is 5.56 Å². The average molecular weight is 385 g/mol. The van der Waals surface area contributed by atoms with Crippen LogP contribution in [0.25, 0.3) is 11.6 Å². The lowest BCUT2D eigenvalue weighted by molar-refractivity contribution is -0.0693.